The third kappa shape index (κ3) is 4.31. The molecule has 0 atom stereocenters. The van der Waals surface area contributed by atoms with Crippen molar-refractivity contribution in [1.82, 2.24) is 4.98 Å². The topological polar surface area (TPSA) is 38.1 Å². The number of rotatable bonds is 6. The highest BCUT2D eigenvalue weighted by molar-refractivity contribution is 7.98. The van der Waals surface area contributed by atoms with Crippen molar-refractivity contribution in [1.29, 1.82) is 0 Å². The summed E-state index contributed by atoms with van der Waals surface area (Å²) >= 11 is 1.73. The minimum atomic E-state index is -0.206. The van der Waals surface area contributed by atoms with Crippen molar-refractivity contribution in [2.45, 2.75) is 24.1 Å². The molecule has 0 spiro atoms. The van der Waals surface area contributed by atoms with E-state index < -0.39 is 0 Å². The van der Waals surface area contributed by atoms with E-state index in [9.17, 15) is 4.39 Å². The lowest BCUT2D eigenvalue weighted by Gasteiger charge is -2.09. The predicted molar refractivity (Wildman–Crippen MR) is 108 cm³/mol. The van der Waals surface area contributed by atoms with Crippen LogP contribution in [0.25, 0.3) is 10.9 Å². The minimum Gasteiger partial charge on any atom is -0.465 e. The van der Waals surface area contributed by atoms with Gasteiger partial charge in [0.05, 0.1) is 12.1 Å². The molecule has 136 valence electrons. The van der Waals surface area contributed by atoms with Crippen molar-refractivity contribution in [3.8, 4) is 0 Å². The fourth-order valence-electron chi connectivity index (χ4n) is 2.85. The number of thioether (sulfide) groups is 1. The fourth-order valence-corrected chi connectivity index (χ4v) is 3.87. The summed E-state index contributed by atoms with van der Waals surface area (Å²) in [5.41, 5.74) is 2.04. The molecule has 0 fully saturated rings. The largest absolute Gasteiger partial charge is 0.465 e. The Morgan fingerprint density at radius 2 is 1.85 bits per heavy atom. The average Bonchev–Trinajstić information content (AvgIpc) is 3.11. The maximum absolute atomic E-state index is 13.0. The molecule has 2 heterocycles. The van der Waals surface area contributed by atoms with Gasteiger partial charge in [0.2, 0.25) is 0 Å². The highest BCUT2D eigenvalue weighted by Crippen LogP contribution is 2.30. The number of benzene rings is 2. The van der Waals surface area contributed by atoms with Gasteiger partial charge in [0.1, 0.15) is 23.2 Å². The number of hydrogen-bond acceptors (Lipinski definition) is 4. The lowest BCUT2D eigenvalue weighted by Crippen LogP contribution is -2.00. The molecule has 0 aliphatic heterocycles. The van der Waals surface area contributed by atoms with Crippen LogP contribution in [0.15, 0.2) is 76.0 Å². The van der Waals surface area contributed by atoms with Crippen LogP contribution in [-0.4, -0.2) is 4.98 Å². The van der Waals surface area contributed by atoms with Crippen LogP contribution in [0.5, 0.6) is 0 Å². The zero-order valence-corrected chi connectivity index (χ0v) is 15.7. The van der Waals surface area contributed by atoms with Crippen LogP contribution in [0.1, 0.15) is 17.1 Å². The number of nitrogens with zero attached hydrogens (tertiary/aromatic N) is 1. The average molecular weight is 378 g/mol. The second-order valence-corrected chi connectivity index (χ2v) is 7.32. The Morgan fingerprint density at radius 3 is 2.63 bits per heavy atom. The summed E-state index contributed by atoms with van der Waals surface area (Å²) in [6.07, 6.45) is 0. The molecule has 0 radical (unpaired) electrons. The second kappa shape index (κ2) is 7.84. The van der Waals surface area contributed by atoms with Gasteiger partial charge in [0.25, 0.3) is 0 Å². The maximum atomic E-state index is 13.0. The Bertz CT molecular complexity index is 1060. The summed E-state index contributed by atoms with van der Waals surface area (Å²) in [4.78, 5) is 5.87. The highest BCUT2D eigenvalue weighted by atomic mass is 32.2. The van der Waals surface area contributed by atoms with Crippen LogP contribution in [0.3, 0.4) is 0 Å². The first-order valence-electron chi connectivity index (χ1n) is 8.73. The van der Waals surface area contributed by atoms with E-state index in [1.165, 1.54) is 12.1 Å². The van der Waals surface area contributed by atoms with E-state index in [0.717, 1.165) is 44.5 Å². The lowest BCUT2D eigenvalue weighted by molar-refractivity contribution is 0.490. The Labute approximate surface area is 161 Å². The minimum absolute atomic E-state index is 0.206. The first-order valence-corrected chi connectivity index (χ1v) is 9.72. The third-order valence-electron chi connectivity index (χ3n) is 4.24. The van der Waals surface area contributed by atoms with E-state index in [1.807, 2.05) is 49.4 Å². The molecule has 0 unspecified atom stereocenters. The molecular formula is C22H19FN2OS. The number of hydrogen-bond donors (Lipinski definition) is 1. The number of pyridine rings is 1. The molecule has 0 bridgehead atoms. The first kappa shape index (κ1) is 17.6. The summed E-state index contributed by atoms with van der Waals surface area (Å²) in [5, 5.41) is 4.42. The van der Waals surface area contributed by atoms with Gasteiger partial charge < -0.3 is 9.73 Å². The molecule has 3 nitrogen and oxygen atoms in total. The zero-order valence-electron chi connectivity index (χ0n) is 14.9. The molecule has 1 N–H and O–H groups in total. The Balaban J connectivity index is 1.48. The molecule has 0 amide bonds. The number of anilines is 1. The SMILES string of the molecule is Cc1ccc(CNc2ccc3c(SCc4ccc(F)cc4)cccc3n2)o1. The lowest BCUT2D eigenvalue weighted by atomic mass is 10.2. The number of nitrogens with one attached hydrogen (secondary N) is 1. The first-order chi connectivity index (χ1) is 13.2. The van der Waals surface area contributed by atoms with E-state index in [-0.39, 0.29) is 5.82 Å². The monoisotopic (exact) mass is 378 g/mol. The van der Waals surface area contributed by atoms with Gasteiger partial charge in [-0.3, -0.25) is 0 Å². The van der Waals surface area contributed by atoms with Crippen LogP contribution < -0.4 is 5.32 Å². The van der Waals surface area contributed by atoms with Gasteiger partial charge in [0.15, 0.2) is 0 Å². The van der Waals surface area contributed by atoms with E-state index in [0.29, 0.717) is 6.54 Å². The second-order valence-electron chi connectivity index (χ2n) is 6.30. The van der Waals surface area contributed by atoms with Gasteiger partial charge in [-0.2, -0.15) is 0 Å². The van der Waals surface area contributed by atoms with Gasteiger partial charge in [0, 0.05) is 16.0 Å². The molecule has 0 saturated heterocycles. The number of furan rings is 1. The Morgan fingerprint density at radius 1 is 1.00 bits per heavy atom. The molecular weight excluding hydrogens is 359 g/mol. The molecule has 2 aromatic carbocycles. The highest BCUT2D eigenvalue weighted by Gasteiger charge is 2.06. The molecule has 27 heavy (non-hydrogen) atoms. The summed E-state index contributed by atoms with van der Waals surface area (Å²) in [6.45, 7) is 2.54. The van der Waals surface area contributed by atoms with Crippen LogP contribution in [0.2, 0.25) is 0 Å². The summed E-state index contributed by atoms with van der Waals surface area (Å²) in [5.74, 6) is 3.19. The van der Waals surface area contributed by atoms with Gasteiger partial charge in [-0.25, -0.2) is 9.37 Å². The zero-order chi connectivity index (χ0) is 18.6. The standard InChI is InChI=1S/C22H19FN2OS/c1-15-5-10-18(26-15)13-24-22-12-11-19-20(25-22)3-2-4-21(19)27-14-16-6-8-17(23)9-7-16/h2-12H,13-14H2,1H3,(H,24,25). The van der Waals surface area contributed by atoms with Crippen molar-refractivity contribution in [2.75, 3.05) is 5.32 Å². The molecule has 0 aliphatic carbocycles. The molecule has 4 rings (SSSR count). The summed E-state index contributed by atoms with van der Waals surface area (Å²) in [6, 6.07) is 20.8. The van der Waals surface area contributed by atoms with Crippen LogP contribution in [0.4, 0.5) is 10.2 Å². The van der Waals surface area contributed by atoms with Crippen LogP contribution >= 0.6 is 11.8 Å². The predicted octanol–water partition coefficient (Wildman–Crippen LogP) is 6.18. The van der Waals surface area contributed by atoms with E-state index in [2.05, 4.69) is 17.4 Å². The molecule has 0 aliphatic rings. The number of aryl methyl sites for hydroxylation is 1. The molecule has 5 heteroatoms. The normalized spacial score (nSPS) is 11.0. The summed E-state index contributed by atoms with van der Waals surface area (Å²) in [7, 11) is 0. The Hall–Kier alpha value is -2.79. The van der Waals surface area contributed by atoms with Crippen molar-refractivity contribution in [2.24, 2.45) is 0 Å². The smallest absolute Gasteiger partial charge is 0.127 e. The van der Waals surface area contributed by atoms with Crippen molar-refractivity contribution < 1.29 is 8.81 Å². The maximum Gasteiger partial charge on any atom is 0.127 e. The van der Waals surface area contributed by atoms with Gasteiger partial charge in [-0.15, -0.1) is 11.8 Å². The van der Waals surface area contributed by atoms with Gasteiger partial charge in [-0.1, -0.05) is 18.2 Å². The van der Waals surface area contributed by atoms with Crippen molar-refractivity contribution in [3.63, 3.8) is 0 Å². The van der Waals surface area contributed by atoms with Crippen LogP contribution in [-0.2, 0) is 12.3 Å². The summed E-state index contributed by atoms with van der Waals surface area (Å²) < 4.78 is 18.6. The van der Waals surface area contributed by atoms with E-state index in [1.54, 1.807) is 11.8 Å². The quantitative estimate of drug-likeness (QED) is 0.407. The van der Waals surface area contributed by atoms with Crippen molar-refractivity contribution in [3.05, 3.63) is 89.6 Å². The number of fused-ring (bicyclic) bond motifs is 1. The van der Waals surface area contributed by atoms with Gasteiger partial charge >= 0.3 is 0 Å². The fraction of sp³-hybridized carbons (Fsp3) is 0.136. The van der Waals surface area contributed by atoms with Gasteiger partial charge in [-0.05, 0) is 61.0 Å². The third-order valence-corrected chi connectivity index (χ3v) is 5.38. The molecule has 0 saturated carbocycles. The number of halogens is 1. The Kier molecular flexibility index (Phi) is 5.12. The van der Waals surface area contributed by atoms with E-state index >= 15 is 0 Å². The molecule has 2 aromatic heterocycles. The molecule has 4 aromatic rings. The van der Waals surface area contributed by atoms with Crippen LogP contribution in [0, 0.1) is 12.7 Å². The van der Waals surface area contributed by atoms with E-state index in [4.69, 9.17) is 9.40 Å². The number of aromatic nitrogens is 1. The van der Waals surface area contributed by atoms with Crippen molar-refractivity contribution >= 4 is 28.5 Å².